The molecule has 0 spiro atoms. The van der Waals surface area contributed by atoms with E-state index in [4.69, 9.17) is 0 Å². The lowest BCUT2D eigenvalue weighted by molar-refractivity contribution is 0.713. The van der Waals surface area contributed by atoms with Gasteiger partial charge in [-0.2, -0.15) is 0 Å². The van der Waals surface area contributed by atoms with Crippen molar-refractivity contribution in [1.29, 1.82) is 0 Å². The molecule has 0 unspecified atom stereocenters. The summed E-state index contributed by atoms with van der Waals surface area (Å²) in [5.74, 6) is 0. The van der Waals surface area contributed by atoms with Crippen molar-refractivity contribution in [3.63, 3.8) is 0 Å². The predicted octanol–water partition coefficient (Wildman–Crippen LogP) is 3.22. The van der Waals surface area contributed by atoms with Crippen LogP contribution in [0.4, 0.5) is 0 Å². The van der Waals surface area contributed by atoms with E-state index < -0.39 is 8.07 Å². The quantitative estimate of drug-likeness (QED) is 0.383. The van der Waals surface area contributed by atoms with E-state index in [-0.39, 0.29) is 0 Å². The average molecular weight is 254 g/mol. The van der Waals surface area contributed by atoms with Crippen LogP contribution in [0.25, 0.3) is 0 Å². The molecule has 1 saturated heterocycles. The topological polar surface area (TPSA) is 0 Å². The Morgan fingerprint density at radius 3 is 2.11 bits per heavy atom. The standard InChI is InChI=1S/C7H15ISi/c1-9(7-8)5-3-2-4-6-9/h2-7H2,1H3. The van der Waals surface area contributed by atoms with E-state index in [9.17, 15) is 0 Å². The largest absolute Gasteiger partial charge is 0.0897 e. The first-order valence-corrected chi connectivity index (χ1v) is 8.47. The summed E-state index contributed by atoms with van der Waals surface area (Å²) in [4.78, 5) is 0. The Morgan fingerprint density at radius 1 is 1.22 bits per heavy atom. The van der Waals surface area contributed by atoms with E-state index in [0.717, 1.165) is 0 Å². The summed E-state index contributed by atoms with van der Waals surface area (Å²) in [5, 5.41) is 0. The second-order valence-corrected chi connectivity index (χ2v) is 10.7. The maximum absolute atomic E-state index is 2.59. The van der Waals surface area contributed by atoms with Crippen LogP contribution >= 0.6 is 22.6 Å². The molecule has 0 N–H and O–H groups in total. The zero-order valence-electron chi connectivity index (χ0n) is 6.12. The van der Waals surface area contributed by atoms with Gasteiger partial charge in [-0.1, -0.05) is 60.5 Å². The van der Waals surface area contributed by atoms with Gasteiger partial charge in [0.15, 0.2) is 0 Å². The molecule has 1 fully saturated rings. The van der Waals surface area contributed by atoms with Crippen molar-refractivity contribution in [2.75, 3.05) is 4.05 Å². The molecule has 0 bridgehead atoms. The monoisotopic (exact) mass is 254 g/mol. The Hall–Kier alpha value is 0.947. The summed E-state index contributed by atoms with van der Waals surface area (Å²) in [7, 11) is -0.624. The van der Waals surface area contributed by atoms with E-state index in [0.29, 0.717) is 0 Å². The summed E-state index contributed by atoms with van der Waals surface area (Å²) in [6.45, 7) is 2.57. The van der Waals surface area contributed by atoms with Crippen LogP contribution in [0.2, 0.25) is 18.6 Å². The molecule has 2 heteroatoms. The molecule has 0 atom stereocenters. The maximum Gasteiger partial charge on any atom is 0.0608 e. The molecule has 54 valence electrons. The third-order valence-corrected chi connectivity index (χ3v) is 11.7. The third-order valence-electron chi connectivity index (χ3n) is 2.38. The van der Waals surface area contributed by atoms with Gasteiger partial charge in [-0.25, -0.2) is 0 Å². The van der Waals surface area contributed by atoms with Gasteiger partial charge in [0.2, 0.25) is 0 Å². The van der Waals surface area contributed by atoms with Crippen molar-refractivity contribution < 1.29 is 0 Å². The molecule has 1 aliphatic rings. The van der Waals surface area contributed by atoms with Crippen molar-refractivity contribution in [3.05, 3.63) is 0 Å². The smallest absolute Gasteiger partial charge is 0.0608 e. The minimum atomic E-state index is -0.624. The third kappa shape index (κ3) is 2.22. The maximum atomic E-state index is 2.59. The van der Waals surface area contributed by atoms with Gasteiger partial charge < -0.3 is 0 Å². The van der Waals surface area contributed by atoms with Crippen LogP contribution in [-0.4, -0.2) is 12.1 Å². The van der Waals surface area contributed by atoms with Gasteiger partial charge in [-0.05, 0) is 4.05 Å². The molecule has 0 aromatic rings. The van der Waals surface area contributed by atoms with E-state index in [1.54, 1.807) is 12.1 Å². The Kier molecular flexibility index (Phi) is 3.01. The molecule has 1 heterocycles. The van der Waals surface area contributed by atoms with Crippen molar-refractivity contribution in [1.82, 2.24) is 0 Å². The lowest BCUT2D eigenvalue weighted by Crippen LogP contribution is -2.34. The molecule has 9 heavy (non-hydrogen) atoms. The van der Waals surface area contributed by atoms with Crippen LogP contribution in [0.5, 0.6) is 0 Å². The highest BCUT2D eigenvalue weighted by atomic mass is 127. The summed E-state index contributed by atoms with van der Waals surface area (Å²) < 4.78 is 1.49. The van der Waals surface area contributed by atoms with Crippen molar-refractivity contribution >= 4 is 30.7 Å². The van der Waals surface area contributed by atoms with E-state index in [2.05, 4.69) is 29.1 Å². The fourth-order valence-corrected chi connectivity index (χ4v) is 6.55. The molecular weight excluding hydrogens is 239 g/mol. The first kappa shape index (κ1) is 8.05. The van der Waals surface area contributed by atoms with Gasteiger partial charge in [-0.3, -0.25) is 0 Å². The number of hydrogen-bond acceptors (Lipinski definition) is 0. The minimum Gasteiger partial charge on any atom is -0.0897 e. The van der Waals surface area contributed by atoms with Gasteiger partial charge in [0.1, 0.15) is 0 Å². The second kappa shape index (κ2) is 3.37. The molecule has 0 aromatic heterocycles. The Morgan fingerprint density at radius 2 is 1.78 bits per heavy atom. The molecule has 0 radical (unpaired) electrons. The van der Waals surface area contributed by atoms with Gasteiger partial charge >= 0.3 is 0 Å². The highest BCUT2D eigenvalue weighted by Crippen LogP contribution is 2.29. The van der Waals surface area contributed by atoms with E-state index in [1.165, 1.54) is 23.3 Å². The fourth-order valence-electron chi connectivity index (χ4n) is 1.54. The lowest BCUT2D eigenvalue weighted by atomic mass is 10.3. The normalized spacial score (nSPS) is 26.0. The zero-order valence-corrected chi connectivity index (χ0v) is 9.28. The van der Waals surface area contributed by atoms with Gasteiger partial charge in [0, 0.05) is 0 Å². The number of rotatable bonds is 1. The number of halogens is 1. The minimum absolute atomic E-state index is 0.624. The molecule has 0 aliphatic carbocycles. The highest BCUT2D eigenvalue weighted by Gasteiger charge is 2.27. The number of alkyl halides is 1. The molecule has 0 nitrogen and oxygen atoms in total. The van der Waals surface area contributed by atoms with Crippen LogP contribution in [0.1, 0.15) is 19.3 Å². The zero-order chi connectivity index (χ0) is 6.74. The molecule has 1 rings (SSSR count). The fraction of sp³-hybridized carbons (Fsp3) is 1.00. The van der Waals surface area contributed by atoms with Gasteiger partial charge in [0.05, 0.1) is 8.07 Å². The average Bonchev–Trinajstić information content (AvgIpc) is 1.90. The summed E-state index contributed by atoms with van der Waals surface area (Å²) in [6, 6.07) is 3.21. The van der Waals surface area contributed by atoms with Crippen molar-refractivity contribution in [3.8, 4) is 0 Å². The summed E-state index contributed by atoms with van der Waals surface area (Å²) in [6.07, 6.45) is 4.58. The van der Waals surface area contributed by atoms with Crippen LogP contribution in [0, 0.1) is 0 Å². The van der Waals surface area contributed by atoms with Crippen molar-refractivity contribution in [2.24, 2.45) is 0 Å². The molecule has 0 amide bonds. The Bertz CT molecular complexity index is 86.9. The van der Waals surface area contributed by atoms with E-state index >= 15 is 0 Å². The molecule has 0 aromatic carbocycles. The Labute approximate surface area is 72.6 Å². The Balaban J connectivity index is 2.37. The van der Waals surface area contributed by atoms with Crippen LogP contribution < -0.4 is 0 Å². The van der Waals surface area contributed by atoms with Crippen LogP contribution in [0.3, 0.4) is 0 Å². The molecule has 1 aliphatic heterocycles. The summed E-state index contributed by atoms with van der Waals surface area (Å²) >= 11 is 2.59. The highest BCUT2D eigenvalue weighted by molar-refractivity contribution is 14.1. The van der Waals surface area contributed by atoms with Crippen LogP contribution in [-0.2, 0) is 0 Å². The first-order chi connectivity index (χ1) is 4.27. The second-order valence-electron chi connectivity index (χ2n) is 3.50. The van der Waals surface area contributed by atoms with Gasteiger partial charge in [0.25, 0.3) is 0 Å². The van der Waals surface area contributed by atoms with Crippen molar-refractivity contribution in [2.45, 2.75) is 37.9 Å². The van der Waals surface area contributed by atoms with Gasteiger partial charge in [-0.15, -0.1) is 0 Å². The lowest BCUT2D eigenvalue weighted by Gasteiger charge is -2.29. The van der Waals surface area contributed by atoms with E-state index in [1.807, 2.05) is 0 Å². The summed E-state index contributed by atoms with van der Waals surface area (Å²) in [5.41, 5.74) is 0. The predicted molar refractivity (Wildman–Crippen MR) is 54.0 cm³/mol. The molecular formula is C7H15ISi. The SMILES string of the molecule is C[Si]1(CI)CCCCC1. The number of hydrogen-bond donors (Lipinski definition) is 0. The molecule has 0 saturated carbocycles. The first-order valence-electron chi connectivity index (χ1n) is 3.83. The van der Waals surface area contributed by atoms with Crippen LogP contribution in [0.15, 0.2) is 0 Å².